The number of phenols is 1. The van der Waals surface area contributed by atoms with Gasteiger partial charge in [-0.3, -0.25) is 0 Å². The minimum Gasteiger partial charge on any atom is -0.508 e. The lowest BCUT2D eigenvalue weighted by atomic mass is 9.85. The van der Waals surface area contributed by atoms with E-state index in [1.165, 1.54) is 6.07 Å². The number of para-hydroxylation sites is 1. The number of allylic oxidation sites excluding steroid dienone is 1. The van der Waals surface area contributed by atoms with Gasteiger partial charge < -0.3 is 20.4 Å². The highest BCUT2D eigenvalue weighted by Gasteiger charge is 2.38. The van der Waals surface area contributed by atoms with Gasteiger partial charge in [-0.1, -0.05) is 18.2 Å². The first kappa shape index (κ1) is 12.2. The molecule has 94 valence electrons. The third kappa shape index (κ3) is 1.96. The number of carboxylic acids is 1. The monoisotopic (exact) mass is 248 g/mol. The lowest BCUT2D eigenvalue weighted by Crippen LogP contribution is -2.38. The summed E-state index contributed by atoms with van der Waals surface area (Å²) in [6.07, 6.45) is 1.84. The fraction of sp³-hybridized carbons (Fsp3) is 0.154. The highest BCUT2D eigenvalue weighted by molar-refractivity contribution is 5.87. The van der Waals surface area contributed by atoms with Crippen molar-refractivity contribution in [3.05, 3.63) is 47.7 Å². The van der Waals surface area contributed by atoms with E-state index < -0.39 is 11.6 Å². The number of aliphatic hydroxyl groups excluding tert-OH is 1. The molecule has 18 heavy (non-hydrogen) atoms. The summed E-state index contributed by atoms with van der Waals surface area (Å²) in [7, 11) is 0. The first-order valence-electron chi connectivity index (χ1n) is 5.29. The molecule has 0 aromatic heterocycles. The largest absolute Gasteiger partial charge is 0.508 e. The smallest absolute Gasteiger partial charge is 0.340 e. The molecule has 1 aromatic rings. The van der Waals surface area contributed by atoms with E-state index in [1.807, 2.05) is 0 Å². The molecular formula is C13H12O5. The van der Waals surface area contributed by atoms with Crippen LogP contribution in [0.3, 0.4) is 0 Å². The van der Waals surface area contributed by atoms with Crippen LogP contribution in [0.5, 0.6) is 5.75 Å². The number of hydrogen-bond donors (Lipinski definition) is 4. The summed E-state index contributed by atoms with van der Waals surface area (Å²) in [5.41, 5.74) is -1.57. The number of aromatic hydroxyl groups is 1. The van der Waals surface area contributed by atoms with Gasteiger partial charge in [-0.05, 0) is 18.2 Å². The molecule has 0 heterocycles. The van der Waals surface area contributed by atoms with Gasteiger partial charge in [0, 0.05) is 17.6 Å². The number of hydrogen-bond acceptors (Lipinski definition) is 4. The van der Waals surface area contributed by atoms with E-state index in [2.05, 4.69) is 0 Å². The van der Waals surface area contributed by atoms with Gasteiger partial charge in [0.15, 0.2) is 5.60 Å². The Balaban J connectivity index is 2.48. The summed E-state index contributed by atoms with van der Waals surface area (Å²) in [6, 6.07) is 6.22. The molecule has 1 unspecified atom stereocenters. The molecule has 0 fully saturated rings. The molecule has 4 N–H and O–H groups in total. The van der Waals surface area contributed by atoms with Crippen LogP contribution >= 0.6 is 0 Å². The molecular weight excluding hydrogens is 236 g/mol. The van der Waals surface area contributed by atoms with E-state index in [9.17, 15) is 20.1 Å². The van der Waals surface area contributed by atoms with E-state index in [-0.39, 0.29) is 23.5 Å². The Bertz CT molecular complexity index is 558. The van der Waals surface area contributed by atoms with Crippen LogP contribution in [0, 0.1) is 0 Å². The first-order valence-corrected chi connectivity index (χ1v) is 5.29. The van der Waals surface area contributed by atoms with Crippen LogP contribution in [0.1, 0.15) is 12.0 Å². The molecule has 0 aliphatic heterocycles. The molecule has 0 saturated heterocycles. The van der Waals surface area contributed by atoms with Gasteiger partial charge in [0.05, 0.1) is 0 Å². The SMILES string of the molecule is O=C(O)C1(O)C=CC(O)=C(c2ccccc2O)C1. The summed E-state index contributed by atoms with van der Waals surface area (Å²) in [4.78, 5) is 11.0. The normalized spacial score (nSPS) is 23.2. The van der Waals surface area contributed by atoms with Crippen molar-refractivity contribution in [2.45, 2.75) is 12.0 Å². The Morgan fingerprint density at radius 1 is 1.22 bits per heavy atom. The second kappa shape index (κ2) is 4.19. The van der Waals surface area contributed by atoms with Crippen molar-refractivity contribution in [1.29, 1.82) is 0 Å². The number of carboxylic acid groups (broad SMARTS) is 1. The predicted octanol–water partition coefficient (Wildman–Crippen LogP) is 1.44. The van der Waals surface area contributed by atoms with E-state index in [0.717, 1.165) is 12.2 Å². The van der Waals surface area contributed by atoms with Gasteiger partial charge in [-0.2, -0.15) is 0 Å². The Labute approximate surface area is 103 Å². The third-order valence-electron chi connectivity index (χ3n) is 2.87. The predicted molar refractivity (Wildman–Crippen MR) is 64.0 cm³/mol. The van der Waals surface area contributed by atoms with E-state index in [4.69, 9.17) is 5.11 Å². The molecule has 1 aliphatic rings. The van der Waals surface area contributed by atoms with Crippen molar-refractivity contribution < 1.29 is 25.2 Å². The second-order valence-corrected chi connectivity index (χ2v) is 4.12. The molecule has 5 heteroatoms. The van der Waals surface area contributed by atoms with E-state index in [0.29, 0.717) is 5.56 Å². The van der Waals surface area contributed by atoms with Gasteiger partial charge in [-0.15, -0.1) is 0 Å². The van der Waals surface area contributed by atoms with E-state index >= 15 is 0 Å². The van der Waals surface area contributed by atoms with E-state index in [1.54, 1.807) is 18.2 Å². The Hall–Kier alpha value is -2.27. The first-order chi connectivity index (χ1) is 8.44. The lowest BCUT2D eigenvalue weighted by molar-refractivity contribution is -0.153. The van der Waals surface area contributed by atoms with Gasteiger partial charge in [0.25, 0.3) is 0 Å². The Kier molecular flexibility index (Phi) is 2.84. The molecule has 0 radical (unpaired) electrons. The Morgan fingerprint density at radius 3 is 2.50 bits per heavy atom. The number of rotatable bonds is 2. The quantitative estimate of drug-likeness (QED) is 0.634. The maximum Gasteiger partial charge on any atom is 0.340 e. The molecule has 0 spiro atoms. The van der Waals surface area contributed by atoms with Crippen molar-refractivity contribution in [3.63, 3.8) is 0 Å². The average molecular weight is 248 g/mol. The summed E-state index contributed by atoms with van der Waals surface area (Å²) >= 11 is 0. The minimum absolute atomic E-state index is 0.0814. The zero-order valence-corrected chi connectivity index (χ0v) is 9.37. The Morgan fingerprint density at radius 2 is 1.89 bits per heavy atom. The van der Waals surface area contributed by atoms with Crippen LogP contribution in [-0.2, 0) is 4.79 Å². The van der Waals surface area contributed by atoms with Crippen LogP contribution in [0.15, 0.2) is 42.2 Å². The maximum absolute atomic E-state index is 11.0. The van der Waals surface area contributed by atoms with Crippen molar-refractivity contribution in [3.8, 4) is 5.75 Å². The summed E-state index contributed by atoms with van der Waals surface area (Å²) in [6.45, 7) is 0. The zero-order chi connectivity index (χ0) is 13.3. The standard InChI is InChI=1S/C13H12O5/c14-10-4-2-1-3-8(10)9-7-13(18,12(16)17)6-5-11(9)15/h1-6,14-15,18H,7H2,(H,16,17). The highest BCUT2D eigenvalue weighted by atomic mass is 16.4. The number of phenolic OH excluding ortho intramolecular Hbond substituents is 1. The molecule has 1 aromatic carbocycles. The fourth-order valence-electron chi connectivity index (χ4n) is 1.85. The topological polar surface area (TPSA) is 98.0 Å². The summed E-state index contributed by atoms with van der Waals surface area (Å²) in [5, 5.41) is 38.3. The van der Waals surface area contributed by atoms with Crippen molar-refractivity contribution in [1.82, 2.24) is 0 Å². The maximum atomic E-state index is 11.0. The van der Waals surface area contributed by atoms with Crippen molar-refractivity contribution >= 4 is 11.5 Å². The van der Waals surface area contributed by atoms with Gasteiger partial charge >= 0.3 is 5.97 Å². The van der Waals surface area contributed by atoms with Crippen LogP contribution < -0.4 is 0 Å². The molecule has 0 bridgehead atoms. The molecule has 5 nitrogen and oxygen atoms in total. The molecule has 0 amide bonds. The van der Waals surface area contributed by atoms with Crippen LogP contribution in [0.2, 0.25) is 0 Å². The van der Waals surface area contributed by atoms with Crippen LogP contribution in [0.4, 0.5) is 0 Å². The number of benzene rings is 1. The zero-order valence-electron chi connectivity index (χ0n) is 9.37. The number of aliphatic carboxylic acids is 1. The summed E-state index contributed by atoms with van der Waals surface area (Å²) in [5.74, 6) is -1.65. The van der Waals surface area contributed by atoms with Gasteiger partial charge in [0.1, 0.15) is 11.5 Å². The van der Waals surface area contributed by atoms with Crippen molar-refractivity contribution in [2.24, 2.45) is 0 Å². The van der Waals surface area contributed by atoms with Gasteiger partial charge in [-0.25, -0.2) is 4.79 Å². The third-order valence-corrected chi connectivity index (χ3v) is 2.87. The summed E-state index contributed by atoms with van der Waals surface area (Å²) < 4.78 is 0. The molecule has 1 atom stereocenters. The second-order valence-electron chi connectivity index (χ2n) is 4.12. The van der Waals surface area contributed by atoms with Gasteiger partial charge in [0.2, 0.25) is 0 Å². The minimum atomic E-state index is -2.07. The average Bonchev–Trinajstić information content (AvgIpc) is 2.33. The van der Waals surface area contributed by atoms with Crippen molar-refractivity contribution in [2.75, 3.05) is 0 Å². The number of aliphatic hydroxyl groups is 2. The fourth-order valence-corrected chi connectivity index (χ4v) is 1.85. The molecule has 2 rings (SSSR count). The molecule has 0 saturated carbocycles. The molecule has 1 aliphatic carbocycles. The highest BCUT2D eigenvalue weighted by Crippen LogP contribution is 2.36. The lowest BCUT2D eigenvalue weighted by Gasteiger charge is -2.25. The van der Waals surface area contributed by atoms with Crippen LogP contribution in [-0.4, -0.2) is 32.0 Å². The van der Waals surface area contributed by atoms with Crippen LogP contribution in [0.25, 0.3) is 5.57 Å². The number of carbonyl (C=O) groups is 1.